The maximum absolute atomic E-state index is 13.9. The van der Waals surface area contributed by atoms with Gasteiger partial charge < -0.3 is 5.11 Å². The van der Waals surface area contributed by atoms with E-state index in [0.717, 1.165) is 11.3 Å². The van der Waals surface area contributed by atoms with E-state index < -0.39 is 5.82 Å². The summed E-state index contributed by atoms with van der Waals surface area (Å²) in [6.45, 7) is 2.26. The third-order valence-electron chi connectivity index (χ3n) is 4.97. The maximum Gasteiger partial charge on any atom is 0.172 e. The molecule has 0 aliphatic heterocycles. The molecule has 1 fully saturated rings. The fourth-order valence-electron chi connectivity index (χ4n) is 3.75. The van der Waals surface area contributed by atoms with Crippen LogP contribution in [-0.2, 0) is 0 Å². The van der Waals surface area contributed by atoms with Crippen molar-refractivity contribution in [2.24, 2.45) is 5.92 Å². The molecule has 3 rings (SSSR count). The predicted molar refractivity (Wildman–Crippen MR) is 85.2 cm³/mol. The van der Waals surface area contributed by atoms with Gasteiger partial charge in [0.2, 0.25) is 0 Å². The molecule has 0 bridgehead atoms. The maximum atomic E-state index is 13.9. The van der Waals surface area contributed by atoms with Gasteiger partial charge in [-0.15, -0.1) is 0 Å². The van der Waals surface area contributed by atoms with Crippen LogP contribution < -0.4 is 0 Å². The number of hydrogen-bond acceptors (Lipinski definition) is 1. The molecule has 0 amide bonds. The highest BCUT2D eigenvalue weighted by molar-refractivity contribution is 5.85. The zero-order chi connectivity index (χ0) is 14.8. The Morgan fingerprint density at radius 3 is 2.57 bits per heavy atom. The van der Waals surface area contributed by atoms with Gasteiger partial charge in [0.15, 0.2) is 11.6 Å². The van der Waals surface area contributed by atoms with Crippen LogP contribution in [0.1, 0.15) is 56.9 Å². The van der Waals surface area contributed by atoms with Gasteiger partial charge in [-0.25, -0.2) is 4.39 Å². The van der Waals surface area contributed by atoms with Crippen molar-refractivity contribution in [1.29, 1.82) is 0 Å². The van der Waals surface area contributed by atoms with Gasteiger partial charge in [-0.05, 0) is 54.5 Å². The smallest absolute Gasteiger partial charge is 0.172 e. The van der Waals surface area contributed by atoms with Crippen molar-refractivity contribution in [2.75, 3.05) is 0 Å². The molecule has 2 aromatic rings. The quantitative estimate of drug-likeness (QED) is 0.760. The Bertz CT molecular complexity index is 627. The molecule has 2 aromatic carbocycles. The molecule has 1 N–H and O–H groups in total. The van der Waals surface area contributed by atoms with Gasteiger partial charge in [-0.2, -0.15) is 0 Å². The molecule has 112 valence electrons. The minimum absolute atomic E-state index is 0.268. The molecular formula is C19H23FO. The number of rotatable bonds is 3. The first-order valence-electron chi connectivity index (χ1n) is 8.10. The summed E-state index contributed by atoms with van der Waals surface area (Å²) < 4.78 is 13.9. The van der Waals surface area contributed by atoms with Gasteiger partial charge in [0.05, 0.1) is 0 Å². The van der Waals surface area contributed by atoms with E-state index in [9.17, 15) is 9.50 Å². The zero-order valence-electron chi connectivity index (χ0n) is 12.6. The van der Waals surface area contributed by atoms with E-state index in [1.54, 1.807) is 6.07 Å². The summed E-state index contributed by atoms with van der Waals surface area (Å²) in [6, 6.07) is 9.20. The van der Waals surface area contributed by atoms with E-state index in [-0.39, 0.29) is 5.75 Å². The van der Waals surface area contributed by atoms with Crippen LogP contribution in [0.5, 0.6) is 5.75 Å². The van der Waals surface area contributed by atoms with Crippen molar-refractivity contribution in [1.82, 2.24) is 0 Å². The Kier molecular flexibility index (Phi) is 4.14. The van der Waals surface area contributed by atoms with Crippen LogP contribution in [-0.4, -0.2) is 5.11 Å². The van der Waals surface area contributed by atoms with Crippen molar-refractivity contribution in [3.8, 4) is 5.75 Å². The third kappa shape index (κ3) is 2.90. The van der Waals surface area contributed by atoms with E-state index in [1.807, 2.05) is 12.1 Å². The lowest BCUT2D eigenvalue weighted by molar-refractivity contribution is 0.308. The third-order valence-corrected chi connectivity index (χ3v) is 4.97. The average molecular weight is 286 g/mol. The van der Waals surface area contributed by atoms with Crippen molar-refractivity contribution in [3.63, 3.8) is 0 Å². The molecule has 0 saturated heterocycles. The normalized spacial score (nSPS) is 22.6. The molecule has 0 atom stereocenters. The number of fused-ring (bicyclic) bond motifs is 1. The van der Waals surface area contributed by atoms with E-state index in [1.165, 1.54) is 50.2 Å². The highest BCUT2D eigenvalue weighted by atomic mass is 19.1. The van der Waals surface area contributed by atoms with Gasteiger partial charge in [-0.3, -0.25) is 0 Å². The monoisotopic (exact) mass is 286 g/mol. The van der Waals surface area contributed by atoms with Crippen LogP contribution in [0.15, 0.2) is 30.3 Å². The molecule has 0 unspecified atom stereocenters. The first-order valence-corrected chi connectivity index (χ1v) is 8.10. The van der Waals surface area contributed by atoms with E-state index in [2.05, 4.69) is 13.0 Å². The highest BCUT2D eigenvalue weighted by Crippen LogP contribution is 2.38. The second kappa shape index (κ2) is 6.05. The molecule has 0 heterocycles. The van der Waals surface area contributed by atoms with Crippen LogP contribution in [0.4, 0.5) is 4.39 Å². The van der Waals surface area contributed by atoms with Gasteiger partial charge >= 0.3 is 0 Å². The topological polar surface area (TPSA) is 20.2 Å². The summed E-state index contributed by atoms with van der Waals surface area (Å²) in [7, 11) is 0. The van der Waals surface area contributed by atoms with Crippen molar-refractivity contribution in [2.45, 2.75) is 51.4 Å². The molecule has 1 saturated carbocycles. The van der Waals surface area contributed by atoms with Crippen LogP contribution >= 0.6 is 0 Å². The van der Waals surface area contributed by atoms with Crippen molar-refractivity contribution >= 4 is 10.8 Å². The lowest BCUT2D eigenvalue weighted by Gasteiger charge is -2.28. The molecule has 1 aliphatic rings. The van der Waals surface area contributed by atoms with E-state index in [4.69, 9.17) is 0 Å². The Hall–Kier alpha value is -1.57. The van der Waals surface area contributed by atoms with Gasteiger partial charge in [0.25, 0.3) is 0 Å². The van der Waals surface area contributed by atoms with Gasteiger partial charge in [0.1, 0.15) is 0 Å². The largest absolute Gasteiger partial charge is 0.505 e. The Balaban J connectivity index is 1.81. The molecular weight excluding hydrogens is 263 g/mol. The summed E-state index contributed by atoms with van der Waals surface area (Å²) in [5.41, 5.74) is 1.32. The number of aromatic hydroxyl groups is 1. The SMILES string of the molecule is CCCC1CCC(c2ccc3c(F)c(O)ccc3c2)CC1. The standard InChI is InChI=1S/C19H23FO/c1-2-3-13-4-6-14(7-5-13)15-8-10-17-16(12-15)9-11-18(21)19(17)20/h8-14,21H,2-7H2,1H3. The van der Waals surface area contributed by atoms with Crippen LogP contribution in [0.2, 0.25) is 0 Å². The molecule has 0 radical (unpaired) electrons. The number of hydrogen-bond donors (Lipinski definition) is 1. The Labute approximate surface area is 125 Å². The second-order valence-electron chi connectivity index (χ2n) is 6.39. The molecule has 2 heteroatoms. The van der Waals surface area contributed by atoms with Gasteiger partial charge in [-0.1, -0.05) is 44.0 Å². The van der Waals surface area contributed by atoms with Crippen LogP contribution in [0.3, 0.4) is 0 Å². The average Bonchev–Trinajstić information content (AvgIpc) is 2.52. The highest BCUT2D eigenvalue weighted by Gasteiger charge is 2.22. The number of benzene rings is 2. The molecule has 0 spiro atoms. The summed E-state index contributed by atoms with van der Waals surface area (Å²) in [5.74, 6) is 0.737. The van der Waals surface area contributed by atoms with E-state index >= 15 is 0 Å². The zero-order valence-corrected chi connectivity index (χ0v) is 12.6. The van der Waals surface area contributed by atoms with Crippen LogP contribution in [0.25, 0.3) is 10.8 Å². The number of phenolic OH excluding ortho intramolecular Hbond substituents is 1. The van der Waals surface area contributed by atoms with Gasteiger partial charge in [0, 0.05) is 5.39 Å². The molecule has 1 nitrogen and oxygen atoms in total. The first kappa shape index (κ1) is 14.4. The fraction of sp³-hybridized carbons (Fsp3) is 0.474. The summed E-state index contributed by atoms with van der Waals surface area (Å²) in [6.07, 6.45) is 7.78. The number of phenols is 1. The minimum Gasteiger partial charge on any atom is -0.505 e. The number of halogens is 1. The summed E-state index contributed by atoms with van der Waals surface area (Å²) in [4.78, 5) is 0. The molecule has 1 aliphatic carbocycles. The summed E-state index contributed by atoms with van der Waals surface area (Å²) >= 11 is 0. The van der Waals surface area contributed by atoms with Crippen molar-refractivity contribution < 1.29 is 9.50 Å². The predicted octanol–water partition coefficient (Wildman–Crippen LogP) is 5.76. The minimum atomic E-state index is -0.509. The van der Waals surface area contributed by atoms with Crippen molar-refractivity contribution in [3.05, 3.63) is 41.7 Å². The molecule has 0 aromatic heterocycles. The van der Waals surface area contributed by atoms with E-state index in [0.29, 0.717) is 11.3 Å². The van der Waals surface area contributed by atoms with Crippen LogP contribution in [0, 0.1) is 11.7 Å². The molecule has 21 heavy (non-hydrogen) atoms. The Morgan fingerprint density at radius 1 is 1.10 bits per heavy atom. The summed E-state index contributed by atoms with van der Waals surface area (Å²) in [5, 5.41) is 10.8. The second-order valence-corrected chi connectivity index (χ2v) is 6.39. The fourth-order valence-corrected chi connectivity index (χ4v) is 3.75. The Morgan fingerprint density at radius 2 is 1.86 bits per heavy atom. The first-order chi connectivity index (χ1) is 10.2. The lowest BCUT2D eigenvalue weighted by Crippen LogP contribution is -2.13. The lowest BCUT2D eigenvalue weighted by atomic mass is 9.77.